The summed E-state index contributed by atoms with van der Waals surface area (Å²) in [5, 5.41) is 0. The molecular weight excluding hydrogens is 372 g/mol. The van der Waals surface area contributed by atoms with Gasteiger partial charge in [-0.1, -0.05) is 72.3 Å². The van der Waals surface area contributed by atoms with Gasteiger partial charge < -0.3 is 4.90 Å². The summed E-state index contributed by atoms with van der Waals surface area (Å²) in [6.07, 6.45) is 5.71. The second-order valence-electron chi connectivity index (χ2n) is 7.32. The molecule has 2 aromatic carbocycles. The zero-order valence-corrected chi connectivity index (χ0v) is 17.0. The Morgan fingerprint density at radius 3 is 2.39 bits per heavy atom. The van der Waals surface area contributed by atoms with E-state index in [0.29, 0.717) is 13.0 Å². The minimum Gasteiger partial charge on any atom is -0.328 e. The maximum absolute atomic E-state index is 13.2. The lowest BCUT2D eigenvalue weighted by molar-refractivity contribution is -0.134. The quantitative estimate of drug-likeness (QED) is 0.786. The van der Waals surface area contributed by atoms with Gasteiger partial charge >= 0.3 is 0 Å². The molecule has 1 heterocycles. The summed E-state index contributed by atoms with van der Waals surface area (Å²) in [5.41, 5.74) is 3.24. The zero-order valence-electron chi connectivity index (χ0n) is 16.2. The molecule has 0 bridgehead atoms. The van der Waals surface area contributed by atoms with Crippen LogP contribution in [-0.2, 0) is 21.4 Å². The van der Waals surface area contributed by atoms with Crippen LogP contribution in [0.5, 0.6) is 0 Å². The summed E-state index contributed by atoms with van der Waals surface area (Å²) in [7, 11) is -3.38. The lowest BCUT2D eigenvalue weighted by Gasteiger charge is -2.33. The van der Waals surface area contributed by atoms with Gasteiger partial charge in [0.25, 0.3) is 0 Å². The summed E-state index contributed by atoms with van der Waals surface area (Å²) < 4.78 is 25.8. The van der Waals surface area contributed by atoms with Gasteiger partial charge in [-0.3, -0.25) is 4.79 Å². The molecule has 28 heavy (non-hydrogen) atoms. The number of carbonyl (C=O) groups is 1. The number of carbonyl (C=O) groups excluding carboxylic acids is 1. The number of rotatable bonds is 5. The van der Waals surface area contributed by atoms with Gasteiger partial charge in [-0.05, 0) is 24.5 Å². The molecule has 0 aromatic heterocycles. The number of hydrogen-bond donors (Lipinski definition) is 1. The molecule has 0 fully saturated rings. The second kappa shape index (κ2) is 8.71. The first-order valence-electron chi connectivity index (χ1n) is 9.36. The average Bonchev–Trinajstić information content (AvgIpc) is 2.63. The molecule has 5 nitrogen and oxygen atoms in total. The van der Waals surface area contributed by atoms with Crippen molar-refractivity contribution in [3.63, 3.8) is 0 Å². The van der Waals surface area contributed by atoms with Gasteiger partial charge in [0.05, 0.1) is 12.3 Å². The van der Waals surface area contributed by atoms with Crippen LogP contribution in [0.25, 0.3) is 0 Å². The van der Waals surface area contributed by atoms with Crippen molar-refractivity contribution in [2.24, 2.45) is 0 Å². The monoisotopic (exact) mass is 398 g/mol. The Bertz CT molecular complexity index is 938. The van der Waals surface area contributed by atoms with Crippen molar-refractivity contribution in [3.8, 4) is 0 Å². The molecule has 1 amide bonds. The Hall–Kier alpha value is -2.44. The van der Waals surface area contributed by atoms with Crippen molar-refractivity contribution in [2.45, 2.75) is 38.4 Å². The first-order chi connectivity index (χ1) is 13.3. The fourth-order valence-electron chi connectivity index (χ4n) is 3.46. The first-order valence-corrected chi connectivity index (χ1v) is 11.2. The minimum atomic E-state index is -3.38. The van der Waals surface area contributed by atoms with Crippen LogP contribution in [0.15, 0.2) is 66.7 Å². The average molecular weight is 399 g/mol. The highest BCUT2D eigenvalue weighted by atomic mass is 32.2. The van der Waals surface area contributed by atoms with Crippen molar-refractivity contribution < 1.29 is 13.2 Å². The summed E-state index contributed by atoms with van der Waals surface area (Å²) in [6.45, 7) is 2.50. The third-order valence-corrected chi connectivity index (χ3v) is 5.57. The molecule has 1 aliphatic heterocycles. The Morgan fingerprint density at radius 2 is 1.75 bits per heavy atom. The van der Waals surface area contributed by atoms with Crippen LogP contribution in [0, 0.1) is 6.92 Å². The fourth-order valence-corrected chi connectivity index (χ4v) is 4.24. The summed E-state index contributed by atoms with van der Waals surface area (Å²) in [4.78, 5) is 15.0. The summed E-state index contributed by atoms with van der Waals surface area (Å²) >= 11 is 0. The maximum atomic E-state index is 13.2. The van der Waals surface area contributed by atoms with Gasteiger partial charge in [-0.15, -0.1) is 0 Å². The van der Waals surface area contributed by atoms with Gasteiger partial charge in [-0.25, -0.2) is 13.1 Å². The van der Waals surface area contributed by atoms with E-state index in [9.17, 15) is 13.2 Å². The predicted octanol–water partition coefficient (Wildman–Crippen LogP) is 3.33. The zero-order chi connectivity index (χ0) is 20.1. The van der Waals surface area contributed by atoms with Crippen LogP contribution in [0.1, 0.15) is 35.6 Å². The largest absolute Gasteiger partial charge is 0.328 e. The molecule has 3 rings (SSSR count). The molecule has 2 aromatic rings. The number of sulfonamides is 1. The third-order valence-electron chi connectivity index (χ3n) is 4.81. The number of nitrogens with one attached hydrogen (secondary N) is 1. The van der Waals surface area contributed by atoms with E-state index in [4.69, 9.17) is 0 Å². The standard InChI is InChI=1S/C22H26N2O3S/c1-17-11-13-19(14-12-17)21-10-6-9-20(23-28(2,26)27)15-22(25)24(21)16-18-7-4-3-5-8-18/h3-8,10-14,20-21,23H,9,15-16H2,1-2H3/b10-6-/t20-,21+/m0/s1. The van der Waals surface area contributed by atoms with E-state index < -0.39 is 16.1 Å². The summed E-state index contributed by atoms with van der Waals surface area (Å²) in [5.74, 6) is -0.0695. The van der Waals surface area contributed by atoms with E-state index in [2.05, 4.69) is 4.72 Å². The molecule has 0 aliphatic carbocycles. The second-order valence-corrected chi connectivity index (χ2v) is 9.10. The third kappa shape index (κ3) is 5.53. The molecule has 2 atom stereocenters. The molecule has 0 radical (unpaired) electrons. The number of nitrogens with zero attached hydrogens (tertiary/aromatic N) is 1. The van der Waals surface area contributed by atoms with Crippen molar-refractivity contribution in [1.29, 1.82) is 0 Å². The molecule has 0 saturated carbocycles. The molecular formula is C22H26N2O3S. The van der Waals surface area contributed by atoms with Crippen LogP contribution in [0.2, 0.25) is 0 Å². The highest BCUT2D eigenvalue weighted by Crippen LogP contribution is 2.28. The number of hydrogen-bond acceptors (Lipinski definition) is 3. The van der Waals surface area contributed by atoms with Gasteiger partial charge in [0.15, 0.2) is 0 Å². The van der Waals surface area contributed by atoms with Crippen molar-refractivity contribution in [1.82, 2.24) is 9.62 Å². The van der Waals surface area contributed by atoms with Gasteiger partial charge in [-0.2, -0.15) is 0 Å². The first kappa shape index (κ1) is 20.3. The topological polar surface area (TPSA) is 66.5 Å². The van der Waals surface area contributed by atoms with Crippen LogP contribution in [-0.4, -0.2) is 31.5 Å². The number of aryl methyl sites for hydroxylation is 1. The minimum absolute atomic E-state index is 0.0695. The van der Waals surface area contributed by atoms with Crippen molar-refractivity contribution in [3.05, 3.63) is 83.4 Å². The Morgan fingerprint density at radius 1 is 1.07 bits per heavy atom. The number of benzene rings is 2. The van der Waals surface area contributed by atoms with Crippen LogP contribution < -0.4 is 4.72 Å². The van der Waals surface area contributed by atoms with Crippen LogP contribution in [0.3, 0.4) is 0 Å². The highest BCUT2D eigenvalue weighted by Gasteiger charge is 2.28. The number of amides is 1. The summed E-state index contributed by atoms with van der Waals surface area (Å²) in [6, 6.07) is 17.4. The fraction of sp³-hybridized carbons (Fsp3) is 0.318. The van der Waals surface area contributed by atoms with E-state index in [1.165, 1.54) is 0 Å². The molecule has 6 heteroatoms. The normalized spacial score (nSPS) is 21.8. The molecule has 0 saturated heterocycles. The molecule has 148 valence electrons. The molecule has 0 spiro atoms. The highest BCUT2D eigenvalue weighted by molar-refractivity contribution is 7.88. The van der Waals surface area contributed by atoms with E-state index >= 15 is 0 Å². The smallest absolute Gasteiger partial charge is 0.225 e. The van der Waals surface area contributed by atoms with Crippen molar-refractivity contribution >= 4 is 15.9 Å². The van der Waals surface area contributed by atoms with E-state index in [1.807, 2.05) is 78.6 Å². The van der Waals surface area contributed by atoms with Gasteiger partial charge in [0.1, 0.15) is 0 Å². The van der Waals surface area contributed by atoms with Crippen LogP contribution in [0.4, 0.5) is 0 Å². The van der Waals surface area contributed by atoms with Gasteiger partial charge in [0.2, 0.25) is 15.9 Å². The Kier molecular flexibility index (Phi) is 6.31. The Labute approximate surface area is 167 Å². The lowest BCUT2D eigenvalue weighted by atomic mass is 9.97. The SMILES string of the molecule is Cc1ccc([C@H]2/C=C\C[C@H](NS(C)(=O)=O)CC(=O)N2Cc2ccccc2)cc1. The molecule has 1 aliphatic rings. The van der Waals surface area contributed by atoms with E-state index in [0.717, 1.165) is 22.9 Å². The van der Waals surface area contributed by atoms with Crippen LogP contribution >= 0.6 is 0 Å². The predicted molar refractivity (Wildman–Crippen MR) is 111 cm³/mol. The Balaban J connectivity index is 1.94. The molecule has 1 N–H and O–H groups in total. The molecule has 0 unspecified atom stereocenters. The maximum Gasteiger partial charge on any atom is 0.225 e. The van der Waals surface area contributed by atoms with E-state index in [1.54, 1.807) is 0 Å². The van der Waals surface area contributed by atoms with Crippen molar-refractivity contribution in [2.75, 3.05) is 6.26 Å². The van der Waals surface area contributed by atoms with Gasteiger partial charge in [0, 0.05) is 19.0 Å². The lowest BCUT2D eigenvalue weighted by Crippen LogP contribution is -2.42. The van der Waals surface area contributed by atoms with E-state index in [-0.39, 0.29) is 18.4 Å².